The van der Waals surface area contributed by atoms with Crippen molar-refractivity contribution >= 4 is 22.8 Å². The zero-order valence-electron chi connectivity index (χ0n) is 27.0. The largest absolute Gasteiger partial charge is 0.285 e. The number of hydrogen-bond donors (Lipinski definition) is 0. The second-order valence-electron chi connectivity index (χ2n) is 12.7. The molecule has 0 heterocycles. The van der Waals surface area contributed by atoms with E-state index in [1.165, 1.54) is 61.8 Å². The third-order valence-electron chi connectivity index (χ3n) is 8.53. The Morgan fingerprint density at radius 1 is 0.683 bits per heavy atom. The molecule has 214 valence electrons. The van der Waals surface area contributed by atoms with Crippen molar-refractivity contribution < 1.29 is 9.15 Å². The zero-order chi connectivity index (χ0) is 30.0. The van der Waals surface area contributed by atoms with Crippen molar-refractivity contribution in [2.24, 2.45) is 0 Å². The molecule has 2 aliphatic carbocycles. The molecule has 0 radical (unpaired) electrons. The number of hydrogen-bond acceptors (Lipinski definition) is 0. The Morgan fingerprint density at radius 3 is 1.54 bits per heavy atom. The lowest BCUT2D eigenvalue weighted by atomic mass is 9.91. The molecule has 0 amide bonds. The van der Waals surface area contributed by atoms with Gasteiger partial charge in [0.05, 0.1) is 11.1 Å². The van der Waals surface area contributed by atoms with Crippen LogP contribution in [0.4, 0.5) is 11.4 Å². The number of nitrogens with zero attached hydrogens (tertiary/aromatic N) is 2. The monoisotopic (exact) mass is 546 g/mol. The molecule has 0 aliphatic heterocycles. The predicted molar refractivity (Wildman–Crippen MR) is 179 cm³/mol. The van der Waals surface area contributed by atoms with Crippen molar-refractivity contribution in [1.29, 1.82) is 0 Å². The number of para-hydroxylation sites is 2. The molecule has 4 rings (SSSR count). The van der Waals surface area contributed by atoms with Crippen LogP contribution in [0.25, 0.3) is 0 Å². The van der Waals surface area contributed by atoms with Gasteiger partial charge < -0.3 is 0 Å². The molecule has 0 fully saturated rings. The van der Waals surface area contributed by atoms with Crippen LogP contribution in [0.5, 0.6) is 0 Å². The van der Waals surface area contributed by atoms with Crippen LogP contribution in [0, 0.1) is 0 Å². The van der Waals surface area contributed by atoms with E-state index < -0.39 is 0 Å². The highest BCUT2D eigenvalue weighted by atomic mass is 15.1. The molecule has 0 aromatic heterocycles. The summed E-state index contributed by atoms with van der Waals surface area (Å²) in [5.74, 6) is 1.64. The summed E-state index contributed by atoms with van der Waals surface area (Å²) in [6.45, 7) is 22.5. The summed E-state index contributed by atoms with van der Waals surface area (Å²) in [7, 11) is 4.56. The first-order valence-electron chi connectivity index (χ1n) is 15.4. The summed E-state index contributed by atoms with van der Waals surface area (Å²) in [6.07, 6.45) is 14.0. The van der Waals surface area contributed by atoms with Gasteiger partial charge in [-0.2, -0.15) is 9.15 Å². The summed E-state index contributed by atoms with van der Waals surface area (Å²) in [6, 6.07) is 13.7. The molecule has 2 heteroatoms. The van der Waals surface area contributed by atoms with E-state index in [1.54, 1.807) is 0 Å². The van der Waals surface area contributed by atoms with E-state index in [4.69, 9.17) is 0 Å². The summed E-state index contributed by atoms with van der Waals surface area (Å²) in [5, 5.41) is 0. The maximum Gasteiger partial charge on any atom is 0.285 e. The molecule has 0 saturated heterocycles. The van der Waals surface area contributed by atoms with E-state index in [-0.39, 0.29) is 0 Å². The van der Waals surface area contributed by atoms with Gasteiger partial charge in [0.25, 0.3) is 11.4 Å². The van der Waals surface area contributed by atoms with Gasteiger partial charge in [-0.1, -0.05) is 123 Å². The third-order valence-corrected chi connectivity index (χ3v) is 8.53. The summed E-state index contributed by atoms with van der Waals surface area (Å²) < 4.78 is 5.00. The van der Waals surface area contributed by atoms with Crippen LogP contribution in [0.15, 0.2) is 96.2 Å². The van der Waals surface area contributed by atoms with E-state index >= 15 is 0 Å². The highest BCUT2D eigenvalue weighted by Crippen LogP contribution is 2.41. The average molecular weight is 547 g/mol. The third kappa shape index (κ3) is 5.67. The zero-order valence-corrected chi connectivity index (χ0v) is 27.0. The molecule has 0 bridgehead atoms. The normalized spacial score (nSPS) is 17.9. The topological polar surface area (TPSA) is 6.02 Å². The molecule has 0 spiro atoms. The van der Waals surface area contributed by atoms with Crippen LogP contribution in [0.3, 0.4) is 0 Å². The van der Waals surface area contributed by atoms with E-state index in [9.17, 15) is 0 Å². The lowest BCUT2D eigenvalue weighted by molar-refractivity contribution is -0.420. The molecule has 2 aromatic carbocycles. The van der Waals surface area contributed by atoms with Gasteiger partial charge in [-0.15, -0.1) is 0 Å². The molecule has 0 atom stereocenters. The molecule has 2 nitrogen and oxygen atoms in total. The van der Waals surface area contributed by atoms with Gasteiger partial charge in [-0.3, -0.25) is 0 Å². The van der Waals surface area contributed by atoms with Crippen LogP contribution >= 0.6 is 0 Å². The maximum absolute atomic E-state index is 4.01. The predicted octanol–water partition coefficient (Wildman–Crippen LogP) is 10.2. The molecular formula is C39H50N2+2. The lowest BCUT2D eigenvalue weighted by Crippen LogP contribution is -2.29. The number of fused-ring (bicyclic) bond motifs is 1. The number of rotatable bonds is 8. The highest BCUT2D eigenvalue weighted by Gasteiger charge is 2.45. The van der Waals surface area contributed by atoms with Gasteiger partial charge >= 0.3 is 0 Å². The van der Waals surface area contributed by atoms with Gasteiger partial charge in [0.2, 0.25) is 11.4 Å². The minimum Gasteiger partial charge on any atom is -0.188 e. The Labute approximate surface area is 249 Å². The fourth-order valence-corrected chi connectivity index (χ4v) is 6.48. The smallest absolute Gasteiger partial charge is 0.188 e. The molecule has 2 aliphatic rings. The van der Waals surface area contributed by atoms with E-state index in [2.05, 4.69) is 152 Å². The molecule has 41 heavy (non-hydrogen) atoms. The van der Waals surface area contributed by atoms with Gasteiger partial charge in [0.1, 0.15) is 14.1 Å². The van der Waals surface area contributed by atoms with Crippen LogP contribution in [0.1, 0.15) is 108 Å². The summed E-state index contributed by atoms with van der Waals surface area (Å²) in [4.78, 5) is 0. The number of benzene rings is 2. The maximum atomic E-state index is 4.01. The Morgan fingerprint density at radius 2 is 1.12 bits per heavy atom. The van der Waals surface area contributed by atoms with Crippen LogP contribution in [-0.4, -0.2) is 34.7 Å². The van der Waals surface area contributed by atoms with Crippen molar-refractivity contribution in [1.82, 2.24) is 0 Å². The van der Waals surface area contributed by atoms with Crippen molar-refractivity contribution in [3.8, 4) is 0 Å². The minimum atomic E-state index is 0.409. The fourth-order valence-electron chi connectivity index (χ4n) is 6.48. The van der Waals surface area contributed by atoms with E-state index in [1.807, 2.05) is 6.08 Å². The molecule has 0 unspecified atom stereocenters. The van der Waals surface area contributed by atoms with Gasteiger partial charge in [-0.05, 0) is 47.8 Å². The SMILES string of the molecule is C=CC=CC1=C2CC=CC=C2C(=[N+](C)c2c(C(C)C)cccc2C(C)C)C1=[N+](C)c1c(C(C)C)cccc1C(C)C. The molecule has 0 saturated carbocycles. The first-order chi connectivity index (χ1) is 19.5. The highest BCUT2D eigenvalue weighted by molar-refractivity contribution is 6.55. The quantitative estimate of drug-likeness (QED) is 0.229. The minimum absolute atomic E-state index is 0.409. The first kappa shape index (κ1) is 30.4. The summed E-state index contributed by atoms with van der Waals surface area (Å²) >= 11 is 0. The van der Waals surface area contributed by atoms with Gasteiger partial charge in [0.15, 0.2) is 0 Å². The fraction of sp³-hybridized carbons (Fsp3) is 0.385. The Bertz CT molecular complexity index is 1470. The van der Waals surface area contributed by atoms with E-state index in [0.29, 0.717) is 23.7 Å². The van der Waals surface area contributed by atoms with Crippen molar-refractivity contribution in [2.75, 3.05) is 14.1 Å². The number of allylic oxidation sites excluding steroid dienone is 9. The van der Waals surface area contributed by atoms with Gasteiger partial charge in [0, 0.05) is 22.3 Å². The second kappa shape index (κ2) is 12.6. The standard InChI is InChI=1S/C39H50N2/c1-12-13-18-34-33-19-14-15-20-35(33)39(41(11)37-31(27(6)7)23-17-24-32(37)28(8)9)38(34)40(10)36-29(25(2)3)21-16-22-30(36)26(4)5/h12-18,20-28H,1,19H2,2-11H3/q+2. The summed E-state index contributed by atoms with van der Waals surface area (Å²) in [5.41, 5.74) is 14.8. The van der Waals surface area contributed by atoms with Crippen LogP contribution in [-0.2, 0) is 0 Å². The Balaban J connectivity index is 2.23. The molecule has 2 aromatic rings. The van der Waals surface area contributed by atoms with Crippen molar-refractivity contribution in [3.63, 3.8) is 0 Å². The van der Waals surface area contributed by atoms with Crippen molar-refractivity contribution in [2.45, 2.75) is 85.5 Å². The lowest BCUT2D eigenvalue weighted by Gasteiger charge is -2.18. The first-order valence-corrected chi connectivity index (χ1v) is 15.4. The van der Waals surface area contributed by atoms with Crippen molar-refractivity contribution in [3.05, 3.63) is 118 Å². The van der Waals surface area contributed by atoms with Crippen LogP contribution in [0.2, 0.25) is 0 Å². The second-order valence-corrected chi connectivity index (χ2v) is 12.7. The average Bonchev–Trinajstić information content (AvgIpc) is 3.28. The molecular weight excluding hydrogens is 496 g/mol. The van der Waals surface area contributed by atoms with Crippen LogP contribution < -0.4 is 0 Å². The van der Waals surface area contributed by atoms with E-state index in [0.717, 1.165) is 6.42 Å². The Kier molecular flexibility index (Phi) is 9.32. The van der Waals surface area contributed by atoms with Gasteiger partial charge in [-0.25, -0.2) is 0 Å². The Hall–Kier alpha value is -3.52. The molecule has 0 N–H and O–H groups in total.